The van der Waals surface area contributed by atoms with Crippen molar-refractivity contribution in [1.82, 2.24) is 0 Å². The molecule has 1 aromatic rings. The number of carbonyl (C=O) groups excluding carboxylic acids is 1. The monoisotopic (exact) mass is 208 g/mol. The number of para-hydroxylation sites is 1. The average molecular weight is 208 g/mol. The summed E-state index contributed by atoms with van der Waals surface area (Å²) in [7, 11) is 0. The quantitative estimate of drug-likeness (QED) is 0.666. The lowest BCUT2D eigenvalue weighted by molar-refractivity contribution is -0.142. The van der Waals surface area contributed by atoms with Gasteiger partial charge in [0.2, 0.25) is 0 Å². The Morgan fingerprint density at radius 3 is 2.40 bits per heavy atom. The van der Waals surface area contributed by atoms with Gasteiger partial charge in [0.05, 0.1) is 6.61 Å². The number of ether oxygens (including phenoxy) is 1. The molecule has 1 aliphatic heterocycles. The molecule has 0 radical (unpaired) electrons. The van der Waals surface area contributed by atoms with E-state index in [2.05, 4.69) is 0 Å². The first-order chi connectivity index (χ1) is 7.29. The highest BCUT2D eigenvalue weighted by molar-refractivity contribution is 5.69. The molecular formula is C12H16O3. The first-order valence-electron chi connectivity index (χ1n) is 5.18. The van der Waals surface area contributed by atoms with Crippen molar-refractivity contribution in [3.63, 3.8) is 0 Å². The van der Waals surface area contributed by atoms with Gasteiger partial charge in [-0.3, -0.25) is 4.79 Å². The number of cyclic esters (lactones) is 1. The average Bonchev–Trinajstić information content (AvgIpc) is 2.48. The molecular weight excluding hydrogens is 192 g/mol. The molecule has 0 spiro atoms. The SMILES string of the molecule is O=C1CCCCCO1.Oc1ccccc1. The van der Waals surface area contributed by atoms with E-state index in [1.807, 2.05) is 6.07 Å². The second-order valence-corrected chi connectivity index (χ2v) is 3.37. The van der Waals surface area contributed by atoms with E-state index < -0.39 is 0 Å². The fourth-order valence-corrected chi connectivity index (χ4v) is 1.23. The van der Waals surface area contributed by atoms with Crippen LogP contribution in [0.15, 0.2) is 30.3 Å². The molecule has 0 unspecified atom stereocenters. The Hall–Kier alpha value is -1.51. The summed E-state index contributed by atoms with van der Waals surface area (Å²) in [6.45, 7) is 0.638. The lowest BCUT2D eigenvalue weighted by atomic mass is 10.2. The molecule has 0 saturated carbocycles. The summed E-state index contributed by atoms with van der Waals surface area (Å²) in [6, 6.07) is 8.71. The van der Waals surface area contributed by atoms with Gasteiger partial charge in [-0.15, -0.1) is 0 Å². The molecule has 0 amide bonds. The Kier molecular flexibility index (Phi) is 5.30. The van der Waals surface area contributed by atoms with Crippen LogP contribution in [0.2, 0.25) is 0 Å². The summed E-state index contributed by atoms with van der Waals surface area (Å²) in [5, 5.41) is 8.63. The lowest BCUT2D eigenvalue weighted by Gasteiger charge is -1.93. The van der Waals surface area contributed by atoms with E-state index in [-0.39, 0.29) is 5.97 Å². The summed E-state index contributed by atoms with van der Waals surface area (Å²) >= 11 is 0. The summed E-state index contributed by atoms with van der Waals surface area (Å²) < 4.78 is 4.76. The zero-order valence-electron chi connectivity index (χ0n) is 8.69. The Labute approximate surface area is 89.7 Å². The maximum absolute atomic E-state index is 10.5. The first kappa shape index (κ1) is 11.6. The number of carbonyl (C=O) groups is 1. The number of benzene rings is 1. The predicted octanol–water partition coefficient (Wildman–Crippen LogP) is 2.50. The summed E-state index contributed by atoms with van der Waals surface area (Å²) in [5.41, 5.74) is 0. The van der Waals surface area contributed by atoms with Crippen molar-refractivity contribution in [2.24, 2.45) is 0 Å². The van der Waals surface area contributed by atoms with E-state index in [1.54, 1.807) is 24.3 Å². The van der Waals surface area contributed by atoms with Crippen LogP contribution in [0, 0.1) is 0 Å². The third-order valence-corrected chi connectivity index (χ3v) is 2.04. The van der Waals surface area contributed by atoms with E-state index in [0.717, 1.165) is 19.3 Å². The van der Waals surface area contributed by atoms with E-state index in [1.165, 1.54) is 0 Å². The fourth-order valence-electron chi connectivity index (χ4n) is 1.23. The molecule has 0 aliphatic carbocycles. The number of hydrogen-bond donors (Lipinski definition) is 1. The Morgan fingerprint density at radius 1 is 1.07 bits per heavy atom. The molecule has 0 aromatic heterocycles. The number of aromatic hydroxyl groups is 1. The number of esters is 1. The van der Waals surface area contributed by atoms with Crippen molar-refractivity contribution in [2.45, 2.75) is 25.7 Å². The second kappa shape index (κ2) is 6.87. The van der Waals surface area contributed by atoms with E-state index in [4.69, 9.17) is 9.84 Å². The minimum absolute atomic E-state index is 0.0255. The molecule has 82 valence electrons. The summed E-state index contributed by atoms with van der Waals surface area (Å²) in [6.07, 6.45) is 3.83. The van der Waals surface area contributed by atoms with Crippen LogP contribution in [0.1, 0.15) is 25.7 Å². The highest BCUT2D eigenvalue weighted by Crippen LogP contribution is 2.06. The van der Waals surface area contributed by atoms with Gasteiger partial charge in [0.15, 0.2) is 0 Å². The molecule has 0 atom stereocenters. The van der Waals surface area contributed by atoms with Gasteiger partial charge in [-0.1, -0.05) is 18.2 Å². The fraction of sp³-hybridized carbons (Fsp3) is 0.417. The second-order valence-electron chi connectivity index (χ2n) is 3.37. The van der Waals surface area contributed by atoms with E-state index >= 15 is 0 Å². The highest BCUT2D eigenvalue weighted by Gasteiger charge is 2.05. The standard InChI is InChI=1S/C6H10O2.C6H6O/c7-6-4-2-1-3-5-8-6;7-6-4-2-1-3-5-6/h1-5H2;1-5,7H. The first-order valence-corrected chi connectivity index (χ1v) is 5.18. The topological polar surface area (TPSA) is 46.5 Å². The molecule has 3 heteroatoms. The Morgan fingerprint density at radius 2 is 1.80 bits per heavy atom. The maximum Gasteiger partial charge on any atom is 0.305 e. The van der Waals surface area contributed by atoms with Crippen LogP contribution in [0.25, 0.3) is 0 Å². The zero-order chi connectivity index (χ0) is 10.9. The predicted molar refractivity (Wildman–Crippen MR) is 57.5 cm³/mol. The van der Waals surface area contributed by atoms with Gasteiger partial charge in [-0.05, 0) is 31.4 Å². The summed E-state index contributed by atoms with van der Waals surface area (Å²) in [5.74, 6) is 0.296. The molecule has 1 N–H and O–H groups in total. The summed E-state index contributed by atoms with van der Waals surface area (Å²) in [4.78, 5) is 10.5. The molecule has 2 rings (SSSR count). The molecule has 1 aromatic carbocycles. The number of rotatable bonds is 0. The van der Waals surface area contributed by atoms with Gasteiger partial charge < -0.3 is 9.84 Å². The van der Waals surface area contributed by atoms with E-state index in [9.17, 15) is 4.79 Å². The number of phenolic OH excluding ortho intramolecular Hbond substituents is 1. The van der Waals surface area contributed by atoms with Gasteiger partial charge in [0.25, 0.3) is 0 Å². The van der Waals surface area contributed by atoms with E-state index in [0.29, 0.717) is 18.8 Å². The lowest BCUT2D eigenvalue weighted by Crippen LogP contribution is -2.00. The zero-order valence-corrected chi connectivity index (χ0v) is 8.69. The van der Waals surface area contributed by atoms with Gasteiger partial charge in [-0.25, -0.2) is 0 Å². The van der Waals surface area contributed by atoms with Gasteiger partial charge in [-0.2, -0.15) is 0 Å². The van der Waals surface area contributed by atoms with Gasteiger partial charge in [0.1, 0.15) is 5.75 Å². The van der Waals surface area contributed by atoms with Crippen LogP contribution < -0.4 is 0 Å². The number of hydrogen-bond acceptors (Lipinski definition) is 3. The van der Waals surface area contributed by atoms with Crippen molar-refractivity contribution < 1.29 is 14.6 Å². The highest BCUT2D eigenvalue weighted by atomic mass is 16.5. The minimum Gasteiger partial charge on any atom is -0.508 e. The molecule has 3 nitrogen and oxygen atoms in total. The molecule has 1 aliphatic rings. The van der Waals surface area contributed by atoms with Crippen molar-refractivity contribution in [2.75, 3.05) is 6.61 Å². The normalized spacial score (nSPS) is 15.6. The molecule has 1 fully saturated rings. The van der Waals surface area contributed by atoms with Crippen LogP contribution in [-0.2, 0) is 9.53 Å². The van der Waals surface area contributed by atoms with Crippen LogP contribution in [-0.4, -0.2) is 17.7 Å². The third-order valence-electron chi connectivity index (χ3n) is 2.04. The molecule has 1 saturated heterocycles. The van der Waals surface area contributed by atoms with Crippen molar-refractivity contribution >= 4 is 5.97 Å². The minimum atomic E-state index is -0.0255. The van der Waals surface area contributed by atoms with Crippen molar-refractivity contribution in [1.29, 1.82) is 0 Å². The number of phenols is 1. The molecule has 1 heterocycles. The van der Waals surface area contributed by atoms with Crippen molar-refractivity contribution in [3.8, 4) is 5.75 Å². The maximum atomic E-state index is 10.5. The smallest absolute Gasteiger partial charge is 0.305 e. The molecule has 0 bridgehead atoms. The van der Waals surface area contributed by atoms with Crippen molar-refractivity contribution in [3.05, 3.63) is 30.3 Å². The Balaban J connectivity index is 0.000000151. The molecule has 15 heavy (non-hydrogen) atoms. The van der Waals surface area contributed by atoms with Crippen LogP contribution in [0.3, 0.4) is 0 Å². The van der Waals surface area contributed by atoms with Crippen LogP contribution in [0.4, 0.5) is 0 Å². The largest absolute Gasteiger partial charge is 0.508 e. The third kappa shape index (κ3) is 5.73. The Bertz CT molecular complexity index is 272. The van der Waals surface area contributed by atoms with Gasteiger partial charge >= 0.3 is 5.97 Å². The van der Waals surface area contributed by atoms with Gasteiger partial charge in [0, 0.05) is 6.42 Å². The van der Waals surface area contributed by atoms with Crippen LogP contribution >= 0.6 is 0 Å². The van der Waals surface area contributed by atoms with Crippen LogP contribution in [0.5, 0.6) is 5.75 Å².